The largest absolute Gasteiger partial charge is 0.327 e. The zero-order valence-electron chi connectivity index (χ0n) is 17.2. The third-order valence-corrected chi connectivity index (χ3v) is 5.72. The summed E-state index contributed by atoms with van der Waals surface area (Å²) in [5, 5.41) is 3.17. The molecule has 152 valence electrons. The fraction of sp³-hybridized carbons (Fsp3) is 0.435. The normalized spacial score (nSPS) is 20.1. The van der Waals surface area contributed by atoms with Crippen LogP contribution in [0.25, 0.3) is 0 Å². The van der Waals surface area contributed by atoms with Crippen LogP contribution in [0, 0.1) is 19.3 Å². The van der Waals surface area contributed by atoms with Crippen LogP contribution in [-0.4, -0.2) is 29.9 Å². The van der Waals surface area contributed by atoms with Crippen LogP contribution >= 0.6 is 12.4 Å². The van der Waals surface area contributed by atoms with Crippen molar-refractivity contribution in [3.05, 3.63) is 65.2 Å². The van der Waals surface area contributed by atoms with Crippen LogP contribution in [0.3, 0.4) is 0 Å². The molecule has 4 nitrogen and oxygen atoms in total. The lowest BCUT2D eigenvalue weighted by molar-refractivity contribution is -0.123. The van der Waals surface area contributed by atoms with Crippen LogP contribution in [-0.2, 0) is 4.79 Å². The molecule has 2 atom stereocenters. The highest BCUT2D eigenvalue weighted by Crippen LogP contribution is 2.34. The van der Waals surface area contributed by atoms with Crippen LogP contribution < -0.4 is 11.1 Å². The van der Waals surface area contributed by atoms with E-state index in [4.69, 9.17) is 5.73 Å². The number of halogens is 1. The lowest BCUT2D eigenvalue weighted by Gasteiger charge is -2.45. The molecule has 0 saturated carbocycles. The first kappa shape index (κ1) is 22.4. The Bertz CT molecular complexity index is 807. The van der Waals surface area contributed by atoms with E-state index in [0.29, 0.717) is 0 Å². The van der Waals surface area contributed by atoms with Gasteiger partial charge in [-0.25, -0.2) is 0 Å². The molecule has 0 aromatic heterocycles. The van der Waals surface area contributed by atoms with Gasteiger partial charge in [0.05, 0.1) is 0 Å². The van der Waals surface area contributed by atoms with Crippen molar-refractivity contribution in [2.75, 3.05) is 18.4 Å². The van der Waals surface area contributed by atoms with Gasteiger partial charge in [0.15, 0.2) is 0 Å². The van der Waals surface area contributed by atoms with Crippen molar-refractivity contribution >= 4 is 24.0 Å². The van der Waals surface area contributed by atoms with Gasteiger partial charge in [-0.2, -0.15) is 0 Å². The summed E-state index contributed by atoms with van der Waals surface area (Å²) >= 11 is 0. The van der Waals surface area contributed by atoms with Gasteiger partial charge in [0.2, 0.25) is 5.91 Å². The number of hydrogen-bond donors (Lipinski definition) is 2. The summed E-state index contributed by atoms with van der Waals surface area (Å²) in [7, 11) is 0. The molecule has 1 aliphatic rings. The van der Waals surface area contributed by atoms with Gasteiger partial charge in [0, 0.05) is 24.8 Å². The molecule has 0 bridgehead atoms. The summed E-state index contributed by atoms with van der Waals surface area (Å²) in [4.78, 5) is 15.7. The number of anilines is 1. The minimum absolute atomic E-state index is 0. The number of nitrogens with one attached hydrogen (secondary N) is 1. The van der Waals surface area contributed by atoms with E-state index in [1.165, 1.54) is 0 Å². The molecule has 1 aliphatic heterocycles. The summed E-state index contributed by atoms with van der Waals surface area (Å²) in [6.07, 6.45) is 0.896. The second-order valence-electron chi connectivity index (χ2n) is 8.48. The maximum absolute atomic E-state index is 13.4. The van der Waals surface area contributed by atoms with Crippen molar-refractivity contribution in [2.45, 2.75) is 46.2 Å². The molecule has 1 amide bonds. The molecule has 5 heteroatoms. The monoisotopic (exact) mass is 401 g/mol. The molecule has 28 heavy (non-hydrogen) atoms. The van der Waals surface area contributed by atoms with Crippen molar-refractivity contribution in [3.8, 4) is 0 Å². The zero-order valence-corrected chi connectivity index (χ0v) is 18.1. The maximum atomic E-state index is 13.4. The van der Waals surface area contributed by atoms with Crippen LogP contribution in [0.1, 0.15) is 43.0 Å². The Morgan fingerprint density at radius 2 is 1.86 bits per heavy atom. The fourth-order valence-corrected chi connectivity index (χ4v) is 3.87. The highest BCUT2D eigenvalue weighted by atomic mass is 35.5. The van der Waals surface area contributed by atoms with E-state index in [1.807, 2.05) is 56.3 Å². The molecule has 2 unspecified atom stereocenters. The molecular formula is C23H32ClN3O. The lowest BCUT2D eigenvalue weighted by Crippen LogP contribution is -2.54. The summed E-state index contributed by atoms with van der Waals surface area (Å²) in [5.74, 6) is 0.0150. The molecule has 0 spiro atoms. The zero-order chi connectivity index (χ0) is 19.6. The minimum atomic E-state index is -0.321. The molecule has 1 heterocycles. The molecule has 1 fully saturated rings. The van der Waals surface area contributed by atoms with E-state index in [-0.39, 0.29) is 35.8 Å². The topological polar surface area (TPSA) is 58.4 Å². The van der Waals surface area contributed by atoms with Crippen molar-refractivity contribution < 1.29 is 4.79 Å². The number of aryl methyl sites for hydroxylation is 2. The first-order chi connectivity index (χ1) is 12.8. The number of nitrogens with zero attached hydrogens (tertiary/aromatic N) is 1. The summed E-state index contributed by atoms with van der Waals surface area (Å²) in [6.45, 7) is 10.1. The SMILES string of the molecule is Cc1ccc(C)c(NC(=O)C(c2ccccc2)N2CCC(N)C(C)(C)C2)c1.Cl. The standard InChI is InChI=1S/C23H31N3O.ClH/c1-16-10-11-17(2)19(14-16)25-22(27)21(18-8-6-5-7-9-18)26-13-12-20(24)23(3,4)15-26;/h5-11,14,20-21H,12-13,15,24H2,1-4H3,(H,25,27);1H. The maximum Gasteiger partial charge on any atom is 0.246 e. The Balaban J connectivity index is 0.00000280. The van der Waals surface area contributed by atoms with Crippen LogP contribution in [0.2, 0.25) is 0 Å². The Morgan fingerprint density at radius 3 is 2.50 bits per heavy atom. The Labute approximate surface area is 174 Å². The number of nitrogens with two attached hydrogens (primary N) is 1. The first-order valence-corrected chi connectivity index (χ1v) is 9.70. The van der Waals surface area contributed by atoms with Crippen LogP contribution in [0.5, 0.6) is 0 Å². The van der Waals surface area contributed by atoms with E-state index >= 15 is 0 Å². The van der Waals surface area contributed by atoms with Gasteiger partial charge in [-0.1, -0.05) is 56.3 Å². The van der Waals surface area contributed by atoms with Gasteiger partial charge in [-0.15, -0.1) is 12.4 Å². The van der Waals surface area contributed by atoms with Gasteiger partial charge < -0.3 is 11.1 Å². The smallest absolute Gasteiger partial charge is 0.246 e. The number of likely N-dealkylation sites (tertiary alicyclic amines) is 1. The van der Waals surface area contributed by atoms with Crippen LogP contribution in [0.4, 0.5) is 5.69 Å². The number of carbonyl (C=O) groups excluding carboxylic acids is 1. The van der Waals surface area contributed by atoms with Crippen LogP contribution in [0.15, 0.2) is 48.5 Å². The lowest BCUT2D eigenvalue weighted by atomic mass is 9.79. The van der Waals surface area contributed by atoms with Crippen molar-refractivity contribution in [2.24, 2.45) is 11.1 Å². The molecule has 2 aromatic carbocycles. The number of benzene rings is 2. The Hall–Kier alpha value is -1.88. The van der Waals surface area contributed by atoms with Gasteiger partial charge in [-0.3, -0.25) is 9.69 Å². The van der Waals surface area contributed by atoms with E-state index in [0.717, 1.165) is 41.9 Å². The highest BCUT2D eigenvalue weighted by Gasteiger charge is 2.38. The second-order valence-corrected chi connectivity index (χ2v) is 8.48. The average Bonchev–Trinajstić information content (AvgIpc) is 2.62. The van der Waals surface area contributed by atoms with Gasteiger partial charge in [0.1, 0.15) is 6.04 Å². The van der Waals surface area contributed by atoms with Gasteiger partial charge in [-0.05, 0) is 48.4 Å². The second kappa shape index (κ2) is 9.08. The van der Waals surface area contributed by atoms with E-state index in [1.54, 1.807) is 0 Å². The number of rotatable bonds is 4. The van der Waals surface area contributed by atoms with Crippen molar-refractivity contribution in [3.63, 3.8) is 0 Å². The number of hydrogen-bond acceptors (Lipinski definition) is 3. The quantitative estimate of drug-likeness (QED) is 0.794. The van der Waals surface area contributed by atoms with Gasteiger partial charge in [0.25, 0.3) is 0 Å². The van der Waals surface area contributed by atoms with E-state index in [2.05, 4.69) is 30.1 Å². The Kier molecular flexibility index (Phi) is 7.27. The third-order valence-electron chi connectivity index (χ3n) is 5.72. The van der Waals surface area contributed by atoms with E-state index < -0.39 is 0 Å². The van der Waals surface area contributed by atoms with E-state index in [9.17, 15) is 4.79 Å². The number of carbonyl (C=O) groups is 1. The molecule has 0 radical (unpaired) electrons. The molecular weight excluding hydrogens is 370 g/mol. The fourth-order valence-electron chi connectivity index (χ4n) is 3.87. The highest BCUT2D eigenvalue weighted by molar-refractivity contribution is 5.96. The Morgan fingerprint density at radius 1 is 1.18 bits per heavy atom. The van der Waals surface area contributed by atoms with Crippen molar-refractivity contribution in [1.82, 2.24) is 4.90 Å². The summed E-state index contributed by atoms with van der Waals surface area (Å²) in [6, 6.07) is 16.0. The molecule has 1 saturated heterocycles. The molecule has 3 rings (SSSR count). The molecule has 3 N–H and O–H groups in total. The predicted octanol–water partition coefficient (Wildman–Crippen LogP) is 4.46. The van der Waals surface area contributed by atoms with Gasteiger partial charge >= 0.3 is 0 Å². The third kappa shape index (κ3) is 4.93. The summed E-state index contributed by atoms with van der Waals surface area (Å²) in [5.41, 5.74) is 10.4. The molecule has 2 aromatic rings. The first-order valence-electron chi connectivity index (χ1n) is 9.70. The number of piperidine rings is 1. The minimum Gasteiger partial charge on any atom is -0.327 e. The molecule has 0 aliphatic carbocycles. The van der Waals surface area contributed by atoms with Crippen molar-refractivity contribution in [1.29, 1.82) is 0 Å². The summed E-state index contributed by atoms with van der Waals surface area (Å²) < 4.78 is 0. The average molecular weight is 402 g/mol. The number of amides is 1. The predicted molar refractivity (Wildman–Crippen MR) is 119 cm³/mol.